The molecular weight excluding hydrogens is 799 g/mol. The number of amides is 1. The molecule has 0 aliphatic carbocycles. The zero-order chi connectivity index (χ0) is 44.9. The Bertz CT molecular complexity index is 1850. The number of hydrogen-bond acceptors (Lipinski definition) is 13. The predicted octanol–water partition coefficient (Wildman–Crippen LogP) is 5.82. The monoisotopic (exact) mass is 861 g/mol. The van der Waals surface area contributed by atoms with Crippen LogP contribution in [-0.2, 0) is 76.8 Å². The second-order valence-electron chi connectivity index (χ2n) is 17.5. The van der Waals surface area contributed by atoms with Crippen molar-refractivity contribution in [1.29, 1.82) is 0 Å². The van der Waals surface area contributed by atoms with Gasteiger partial charge in [-0.2, -0.15) is 0 Å². The minimum Gasteiger partial charge on any atom is -0.462 e. The lowest BCUT2D eigenvalue weighted by atomic mass is 9.93. The lowest BCUT2D eigenvalue weighted by Gasteiger charge is -2.49. The van der Waals surface area contributed by atoms with Gasteiger partial charge in [0.2, 0.25) is 5.91 Å². The van der Waals surface area contributed by atoms with Crippen molar-refractivity contribution in [3.8, 4) is 0 Å². The first-order valence-electron chi connectivity index (χ1n) is 21.0. The topological polar surface area (TPSA) is 167 Å². The van der Waals surface area contributed by atoms with Crippen LogP contribution in [0.5, 0.6) is 0 Å². The summed E-state index contributed by atoms with van der Waals surface area (Å²) in [5.41, 5.74) is 0.790. The molecule has 0 aromatic heterocycles. The fourth-order valence-electron chi connectivity index (χ4n) is 6.77. The van der Waals surface area contributed by atoms with E-state index in [0.29, 0.717) is 0 Å². The third kappa shape index (κ3) is 14.0. The van der Waals surface area contributed by atoms with E-state index >= 15 is 0 Å². The van der Waals surface area contributed by atoms with E-state index in [2.05, 4.69) is 11.9 Å². The lowest BCUT2D eigenvalue weighted by Crippen LogP contribution is -2.69. The first kappa shape index (κ1) is 48.5. The molecule has 1 amide bonds. The normalized spacial score (nSPS) is 26.6. The van der Waals surface area contributed by atoms with Crippen molar-refractivity contribution in [3.05, 3.63) is 120 Å². The predicted molar refractivity (Wildman–Crippen MR) is 228 cm³/mol. The van der Waals surface area contributed by atoms with E-state index in [4.69, 9.17) is 42.6 Å². The van der Waals surface area contributed by atoms with Gasteiger partial charge in [0.15, 0.2) is 18.7 Å². The SMILES string of the molecule is C=CCO[C@H]1O[C@H](COCc2ccccc2)[C@H](OCc2ccccc2)[C@H](O[C@@H]2O[C@H](COC(=O)C(C)(C)C)[C@@H](O)[C@H](OC(=O)C(C)(C)C)[C@H]2NC(C)=O)[C@H]1OCc1ccccc1. The summed E-state index contributed by atoms with van der Waals surface area (Å²) in [6.45, 7) is 15.4. The van der Waals surface area contributed by atoms with Crippen LogP contribution in [0.2, 0.25) is 0 Å². The van der Waals surface area contributed by atoms with Gasteiger partial charge < -0.3 is 53.1 Å². The molecule has 0 bridgehead atoms. The fraction of sp³-hybridized carbons (Fsp3) is 0.521. The van der Waals surface area contributed by atoms with Gasteiger partial charge in [0.25, 0.3) is 0 Å². The lowest BCUT2D eigenvalue weighted by molar-refractivity contribution is -0.359. The van der Waals surface area contributed by atoms with E-state index in [1.807, 2.05) is 91.0 Å². The molecule has 2 saturated heterocycles. The molecule has 0 spiro atoms. The summed E-state index contributed by atoms with van der Waals surface area (Å²) in [6, 6.07) is 27.5. The number of rotatable bonds is 19. The third-order valence-electron chi connectivity index (χ3n) is 10.1. The van der Waals surface area contributed by atoms with Crippen LogP contribution in [0, 0.1) is 10.8 Å². The number of nitrogens with one attached hydrogen (secondary N) is 1. The molecule has 0 saturated carbocycles. The number of hydrogen-bond donors (Lipinski definition) is 2. The van der Waals surface area contributed by atoms with Gasteiger partial charge in [-0.25, -0.2) is 0 Å². The molecule has 338 valence electrons. The Kier molecular flexibility index (Phi) is 17.8. The number of aliphatic hydroxyl groups is 1. The first-order chi connectivity index (χ1) is 29.5. The highest BCUT2D eigenvalue weighted by molar-refractivity contribution is 5.76. The molecule has 2 N–H and O–H groups in total. The van der Waals surface area contributed by atoms with Gasteiger partial charge in [0, 0.05) is 6.92 Å². The maximum Gasteiger partial charge on any atom is 0.311 e. The largest absolute Gasteiger partial charge is 0.462 e. The van der Waals surface area contributed by atoms with Crippen LogP contribution < -0.4 is 5.32 Å². The molecule has 2 aliphatic rings. The minimum atomic E-state index is -1.57. The smallest absolute Gasteiger partial charge is 0.311 e. The molecule has 0 radical (unpaired) electrons. The average molecular weight is 862 g/mol. The Morgan fingerprint density at radius 2 is 1.18 bits per heavy atom. The third-order valence-corrected chi connectivity index (χ3v) is 10.1. The maximum atomic E-state index is 13.5. The second kappa shape index (κ2) is 22.7. The Balaban J connectivity index is 1.59. The molecule has 10 atom stereocenters. The zero-order valence-electron chi connectivity index (χ0n) is 36.8. The summed E-state index contributed by atoms with van der Waals surface area (Å²) in [4.78, 5) is 39.5. The van der Waals surface area contributed by atoms with Crippen molar-refractivity contribution < 1.29 is 62.1 Å². The van der Waals surface area contributed by atoms with Crippen LogP contribution in [0.1, 0.15) is 65.2 Å². The molecule has 0 unspecified atom stereocenters. The molecule has 3 aromatic carbocycles. The summed E-state index contributed by atoms with van der Waals surface area (Å²) in [5.74, 6) is -1.73. The highest BCUT2D eigenvalue weighted by atomic mass is 16.8. The van der Waals surface area contributed by atoms with Crippen LogP contribution in [0.25, 0.3) is 0 Å². The number of benzene rings is 3. The van der Waals surface area contributed by atoms with Crippen molar-refractivity contribution in [3.63, 3.8) is 0 Å². The van der Waals surface area contributed by atoms with Crippen LogP contribution in [0.3, 0.4) is 0 Å². The van der Waals surface area contributed by atoms with Gasteiger partial charge in [0.05, 0.1) is 43.9 Å². The van der Waals surface area contributed by atoms with E-state index in [-0.39, 0.29) is 33.0 Å². The number of ether oxygens (including phenoxy) is 9. The van der Waals surface area contributed by atoms with Crippen molar-refractivity contribution in [2.24, 2.45) is 10.8 Å². The zero-order valence-corrected chi connectivity index (χ0v) is 36.8. The van der Waals surface area contributed by atoms with E-state index in [1.165, 1.54) is 6.92 Å². The summed E-state index contributed by atoms with van der Waals surface area (Å²) >= 11 is 0. The van der Waals surface area contributed by atoms with Crippen molar-refractivity contribution in [2.45, 2.75) is 130 Å². The van der Waals surface area contributed by atoms with Crippen LogP contribution >= 0.6 is 0 Å². The van der Waals surface area contributed by atoms with E-state index in [0.717, 1.165) is 16.7 Å². The summed E-state index contributed by atoms with van der Waals surface area (Å²) in [5, 5.41) is 14.7. The molecular formula is C48H63NO13. The maximum absolute atomic E-state index is 13.5. The first-order valence-corrected chi connectivity index (χ1v) is 21.0. The van der Waals surface area contributed by atoms with E-state index in [9.17, 15) is 19.5 Å². The molecule has 2 heterocycles. The minimum absolute atomic E-state index is 0.0319. The van der Waals surface area contributed by atoms with Crippen molar-refractivity contribution in [1.82, 2.24) is 5.32 Å². The van der Waals surface area contributed by atoms with Crippen LogP contribution in [-0.4, -0.2) is 104 Å². The quantitative estimate of drug-likeness (QED) is 0.109. The van der Waals surface area contributed by atoms with E-state index < -0.39 is 96.6 Å². The average Bonchev–Trinajstić information content (AvgIpc) is 3.23. The fourth-order valence-corrected chi connectivity index (χ4v) is 6.77. The Labute approximate surface area is 365 Å². The molecule has 5 rings (SSSR count). The van der Waals surface area contributed by atoms with E-state index in [1.54, 1.807) is 47.6 Å². The number of aliphatic hydroxyl groups excluding tert-OH is 1. The molecule has 2 fully saturated rings. The number of carbonyl (C=O) groups is 3. The number of carbonyl (C=O) groups excluding carboxylic acids is 3. The molecule has 3 aromatic rings. The second-order valence-corrected chi connectivity index (χ2v) is 17.5. The Morgan fingerprint density at radius 1 is 0.661 bits per heavy atom. The Hall–Kier alpha value is -4.51. The Morgan fingerprint density at radius 3 is 1.69 bits per heavy atom. The number of esters is 2. The highest BCUT2D eigenvalue weighted by Gasteiger charge is 2.55. The van der Waals surface area contributed by atoms with Crippen molar-refractivity contribution >= 4 is 17.8 Å². The molecule has 62 heavy (non-hydrogen) atoms. The van der Waals surface area contributed by atoms with Gasteiger partial charge in [-0.05, 0) is 58.2 Å². The molecule has 14 nitrogen and oxygen atoms in total. The molecule has 14 heteroatoms. The summed E-state index contributed by atoms with van der Waals surface area (Å²) < 4.78 is 57.8. The van der Waals surface area contributed by atoms with Crippen LogP contribution in [0.15, 0.2) is 104 Å². The van der Waals surface area contributed by atoms with Crippen LogP contribution in [0.4, 0.5) is 0 Å². The highest BCUT2D eigenvalue weighted by Crippen LogP contribution is 2.35. The van der Waals surface area contributed by atoms with Gasteiger partial charge in [-0.1, -0.05) is 97.1 Å². The molecule has 2 aliphatic heterocycles. The van der Waals surface area contributed by atoms with Gasteiger partial charge in [0.1, 0.15) is 49.3 Å². The van der Waals surface area contributed by atoms with Crippen molar-refractivity contribution in [2.75, 3.05) is 19.8 Å². The standard InChI is InChI=1S/C48H63NO13/c1-9-25-55-44-42(57-28-34-23-17-12-18-24-34)41(39(56-27-33-21-15-11-16-22-33)36(60-44)29-54-26-32-19-13-10-14-20-32)61-43-37(49-31(2)50)40(62-46(53)48(6,7)8)38(51)35(59-43)30-58-45(52)47(3,4)5/h9-24,35-44,51H,1,25-30H2,2-8H3,(H,49,50)/t35-,36-,37-,38-,39+,40-,41+,42-,43+,44+/m1/s1. The summed E-state index contributed by atoms with van der Waals surface area (Å²) in [7, 11) is 0. The van der Waals surface area contributed by atoms with Gasteiger partial charge in [-0.15, -0.1) is 6.58 Å². The van der Waals surface area contributed by atoms with Gasteiger partial charge in [-0.3, -0.25) is 14.4 Å². The van der Waals surface area contributed by atoms with Gasteiger partial charge >= 0.3 is 11.9 Å². The summed E-state index contributed by atoms with van der Waals surface area (Å²) in [6.07, 6.45) is -9.13.